The predicted molar refractivity (Wildman–Crippen MR) is 91.5 cm³/mol. The van der Waals surface area contributed by atoms with Gasteiger partial charge in [-0.05, 0) is 38.0 Å². The number of carbonyl (C=O) groups is 2. The van der Waals surface area contributed by atoms with Crippen LogP contribution in [0.4, 0.5) is 0 Å². The zero-order chi connectivity index (χ0) is 17.8. The Morgan fingerprint density at radius 3 is 2.76 bits per heavy atom. The second-order valence-electron chi connectivity index (χ2n) is 7.38. The summed E-state index contributed by atoms with van der Waals surface area (Å²) in [4.78, 5) is 27.6. The van der Waals surface area contributed by atoms with Crippen LogP contribution in [0.1, 0.15) is 26.3 Å². The van der Waals surface area contributed by atoms with Gasteiger partial charge in [-0.1, -0.05) is 30.3 Å². The molecule has 5 nitrogen and oxygen atoms in total. The maximum atomic E-state index is 13.2. The van der Waals surface area contributed by atoms with E-state index in [0.29, 0.717) is 19.7 Å². The smallest absolute Gasteiger partial charge is 0.313 e. The Morgan fingerprint density at radius 2 is 2.08 bits per heavy atom. The van der Waals surface area contributed by atoms with Crippen LogP contribution in [0.15, 0.2) is 42.0 Å². The molecule has 4 atom stereocenters. The molecule has 5 heteroatoms. The number of hydrogen-bond donors (Lipinski definition) is 0. The third-order valence-electron chi connectivity index (χ3n) is 5.87. The van der Waals surface area contributed by atoms with E-state index in [2.05, 4.69) is 6.08 Å². The molecule has 0 aromatic heterocycles. The van der Waals surface area contributed by atoms with Crippen molar-refractivity contribution in [3.63, 3.8) is 0 Å². The highest BCUT2D eigenvalue weighted by molar-refractivity contribution is 5.92. The van der Waals surface area contributed by atoms with Crippen molar-refractivity contribution in [1.29, 1.82) is 0 Å². The summed E-state index contributed by atoms with van der Waals surface area (Å²) >= 11 is 0. The molecule has 1 amide bonds. The first kappa shape index (κ1) is 16.3. The van der Waals surface area contributed by atoms with E-state index in [4.69, 9.17) is 9.47 Å². The largest absolute Gasteiger partial charge is 0.466 e. The van der Waals surface area contributed by atoms with E-state index in [1.807, 2.05) is 44.2 Å². The molecule has 0 N–H and O–H groups in total. The lowest BCUT2D eigenvalue weighted by molar-refractivity contribution is -0.156. The highest BCUT2D eigenvalue weighted by Gasteiger charge is 2.73. The minimum absolute atomic E-state index is 0.0191. The molecule has 0 saturated carbocycles. The molecule has 3 heterocycles. The SMILES string of the molecule is CCOC(=O)[C@@H]1[C@H]2C(=O)N(Cc3ccccc3)C[C@@]23C=C(C)[C@@]1(C)O3. The Labute approximate surface area is 147 Å². The fraction of sp³-hybridized carbons (Fsp3) is 0.500. The summed E-state index contributed by atoms with van der Waals surface area (Å²) in [6, 6.07) is 9.88. The topological polar surface area (TPSA) is 55.8 Å². The standard InChI is InChI=1S/C20H23NO4/c1-4-24-18(23)16-15-17(22)21(11-14-8-6-5-7-9-14)12-20(15)10-13(2)19(16,3)25-20/h5-10,15-16H,4,11-12H2,1-3H3/t15-,16-,19+,20-/m0/s1. The van der Waals surface area contributed by atoms with E-state index in [9.17, 15) is 9.59 Å². The number of nitrogens with zero attached hydrogens (tertiary/aromatic N) is 1. The summed E-state index contributed by atoms with van der Waals surface area (Å²) in [7, 11) is 0. The van der Waals surface area contributed by atoms with Crippen LogP contribution in [0.5, 0.6) is 0 Å². The maximum absolute atomic E-state index is 13.2. The molecule has 2 saturated heterocycles. The van der Waals surface area contributed by atoms with Gasteiger partial charge in [0, 0.05) is 6.54 Å². The molecular formula is C20H23NO4. The molecule has 4 rings (SSSR count). The monoisotopic (exact) mass is 341 g/mol. The van der Waals surface area contributed by atoms with Crippen LogP contribution in [-0.2, 0) is 25.6 Å². The number of esters is 1. The van der Waals surface area contributed by atoms with Crippen LogP contribution in [0.25, 0.3) is 0 Å². The number of carbonyl (C=O) groups excluding carboxylic acids is 2. The number of amides is 1. The lowest BCUT2D eigenvalue weighted by atomic mass is 9.69. The summed E-state index contributed by atoms with van der Waals surface area (Å²) in [6.45, 7) is 6.97. The molecule has 0 unspecified atom stereocenters. The molecule has 3 aliphatic rings. The van der Waals surface area contributed by atoms with Crippen LogP contribution in [-0.4, -0.2) is 41.1 Å². The van der Waals surface area contributed by atoms with Crippen LogP contribution in [0.3, 0.4) is 0 Å². The average Bonchev–Trinajstić information content (AvgIpc) is 3.08. The normalized spacial score (nSPS) is 35.7. The van der Waals surface area contributed by atoms with Gasteiger partial charge in [0.25, 0.3) is 0 Å². The first-order valence-corrected chi connectivity index (χ1v) is 8.81. The van der Waals surface area contributed by atoms with Gasteiger partial charge in [-0.25, -0.2) is 0 Å². The molecule has 0 radical (unpaired) electrons. The van der Waals surface area contributed by atoms with E-state index < -0.39 is 23.0 Å². The van der Waals surface area contributed by atoms with Gasteiger partial charge in [0.1, 0.15) is 17.1 Å². The van der Waals surface area contributed by atoms with Crippen molar-refractivity contribution in [3.05, 3.63) is 47.5 Å². The van der Waals surface area contributed by atoms with Gasteiger partial charge in [0.05, 0.1) is 19.1 Å². The fourth-order valence-electron chi connectivity index (χ4n) is 4.71. The number of likely N-dealkylation sites (tertiary alicyclic amines) is 1. The summed E-state index contributed by atoms with van der Waals surface area (Å²) in [5.74, 6) is -1.43. The zero-order valence-corrected chi connectivity index (χ0v) is 14.8. The van der Waals surface area contributed by atoms with E-state index >= 15 is 0 Å². The van der Waals surface area contributed by atoms with Gasteiger partial charge in [0.2, 0.25) is 5.91 Å². The van der Waals surface area contributed by atoms with Gasteiger partial charge >= 0.3 is 5.97 Å². The van der Waals surface area contributed by atoms with Crippen molar-refractivity contribution in [1.82, 2.24) is 4.90 Å². The van der Waals surface area contributed by atoms with Crippen LogP contribution >= 0.6 is 0 Å². The van der Waals surface area contributed by atoms with Crippen molar-refractivity contribution in [2.45, 2.75) is 38.5 Å². The third kappa shape index (κ3) is 2.18. The van der Waals surface area contributed by atoms with Gasteiger partial charge in [0.15, 0.2) is 0 Å². The second kappa shape index (κ2) is 5.43. The van der Waals surface area contributed by atoms with Gasteiger partial charge < -0.3 is 14.4 Å². The summed E-state index contributed by atoms with van der Waals surface area (Å²) in [5, 5.41) is 0. The summed E-state index contributed by atoms with van der Waals surface area (Å²) < 4.78 is 11.6. The highest BCUT2D eigenvalue weighted by Crippen LogP contribution is 2.60. The maximum Gasteiger partial charge on any atom is 0.313 e. The van der Waals surface area contributed by atoms with Crippen LogP contribution < -0.4 is 0 Å². The lowest BCUT2D eigenvalue weighted by Crippen LogP contribution is -2.45. The van der Waals surface area contributed by atoms with Crippen molar-refractivity contribution in [3.8, 4) is 0 Å². The number of fused-ring (bicyclic) bond motifs is 1. The highest BCUT2D eigenvalue weighted by atomic mass is 16.6. The molecule has 2 bridgehead atoms. The molecule has 3 aliphatic heterocycles. The molecule has 1 aromatic carbocycles. The van der Waals surface area contributed by atoms with Crippen molar-refractivity contribution >= 4 is 11.9 Å². The summed E-state index contributed by atoms with van der Waals surface area (Å²) in [6.07, 6.45) is 2.05. The Balaban J connectivity index is 1.67. The quantitative estimate of drug-likeness (QED) is 0.623. The molecule has 1 spiro atoms. The van der Waals surface area contributed by atoms with Crippen LogP contribution in [0, 0.1) is 11.8 Å². The lowest BCUT2D eigenvalue weighted by Gasteiger charge is -2.31. The molecule has 25 heavy (non-hydrogen) atoms. The number of ether oxygens (including phenoxy) is 2. The minimum Gasteiger partial charge on any atom is -0.466 e. The first-order valence-electron chi connectivity index (χ1n) is 8.81. The van der Waals surface area contributed by atoms with E-state index in [-0.39, 0.29) is 11.9 Å². The van der Waals surface area contributed by atoms with Gasteiger partial charge in [-0.15, -0.1) is 0 Å². The van der Waals surface area contributed by atoms with Crippen molar-refractivity contribution in [2.75, 3.05) is 13.2 Å². The number of hydrogen-bond acceptors (Lipinski definition) is 4. The predicted octanol–water partition coefficient (Wildman–Crippen LogP) is 2.31. The Kier molecular flexibility index (Phi) is 3.55. The minimum atomic E-state index is -0.745. The van der Waals surface area contributed by atoms with Crippen molar-refractivity contribution < 1.29 is 19.1 Å². The number of benzene rings is 1. The average molecular weight is 341 g/mol. The molecule has 2 fully saturated rings. The van der Waals surface area contributed by atoms with E-state index in [1.165, 1.54) is 0 Å². The zero-order valence-electron chi connectivity index (χ0n) is 14.8. The van der Waals surface area contributed by atoms with Crippen molar-refractivity contribution in [2.24, 2.45) is 11.8 Å². The molecule has 1 aromatic rings. The van der Waals surface area contributed by atoms with E-state index in [1.54, 1.807) is 11.8 Å². The molecular weight excluding hydrogens is 318 g/mol. The molecule has 132 valence electrons. The summed E-state index contributed by atoms with van der Waals surface area (Å²) in [5.41, 5.74) is 0.630. The van der Waals surface area contributed by atoms with Gasteiger partial charge in [-0.3, -0.25) is 9.59 Å². The Morgan fingerprint density at radius 1 is 1.36 bits per heavy atom. The Bertz CT molecular complexity index is 758. The third-order valence-corrected chi connectivity index (χ3v) is 5.87. The van der Waals surface area contributed by atoms with E-state index in [0.717, 1.165) is 11.1 Å². The Hall–Kier alpha value is -2.14. The molecule has 0 aliphatic carbocycles. The first-order chi connectivity index (χ1) is 11.9. The van der Waals surface area contributed by atoms with Crippen LogP contribution in [0.2, 0.25) is 0 Å². The number of rotatable bonds is 4. The van der Waals surface area contributed by atoms with Gasteiger partial charge in [-0.2, -0.15) is 0 Å². The fourth-order valence-corrected chi connectivity index (χ4v) is 4.71. The second-order valence-corrected chi connectivity index (χ2v) is 7.38.